The van der Waals surface area contributed by atoms with E-state index in [0.717, 1.165) is 10.9 Å². The number of fused-ring (bicyclic) bond motifs is 2. The minimum Gasteiger partial charge on any atom is -0.387 e. The zero-order chi connectivity index (χ0) is 38.1. The molecular weight excluding hydrogens is 785 g/mol. The van der Waals surface area contributed by atoms with Crippen LogP contribution >= 0.6 is 33.4 Å². The van der Waals surface area contributed by atoms with Gasteiger partial charge in [0, 0.05) is 5.75 Å². The summed E-state index contributed by atoms with van der Waals surface area (Å²) in [6.45, 7) is -6.09. The van der Waals surface area contributed by atoms with Gasteiger partial charge < -0.3 is 60.6 Å². The lowest BCUT2D eigenvalue weighted by Gasteiger charge is -2.21. The highest BCUT2D eigenvalue weighted by Crippen LogP contribution is 2.70. The summed E-state index contributed by atoms with van der Waals surface area (Å²) < 4.78 is 62.3. The molecule has 2 fully saturated rings. The van der Waals surface area contributed by atoms with E-state index in [0.29, 0.717) is 0 Å². The van der Waals surface area contributed by atoms with Gasteiger partial charge in [-0.2, -0.15) is 4.98 Å². The van der Waals surface area contributed by atoms with Crippen molar-refractivity contribution in [3.63, 3.8) is 0 Å². The maximum Gasteiger partial charge on any atom is 0.393 e. The van der Waals surface area contributed by atoms with E-state index < -0.39 is 100 Å². The van der Waals surface area contributed by atoms with E-state index in [1.807, 2.05) is 0 Å². The number of aliphatic hydroxyl groups excluding tert-OH is 4. The molecule has 0 saturated carbocycles. The van der Waals surface area contributed by atoms with E-state index in [1.165, 1.54) is 22.5 Å². The largest absolute Gasteiger partial charge is 0.393 e. The molecule has 0 amide bonds. The molecule has 0 spiro atoms. The van der Waals surface area contributed by atoms with Crippen molar-refractivity contribution in [1.82, 2.24) is 34.1 Å². The van der Waals surface area contributed by atoms with Crippen LogP contribution in [0.15, 0.2) is 22.2 Å². The minimum absolute atomic E-state index is 0.00174. The molecule has 13 N–H and O–H groups in total. The molecule has 52 heavy (non-hydrogen) atoms. The summed E-state index contributed by atoms with van der Waals surface area (Å²) in [7, 11) is -9.05. The quantitative estimate of drug-likeness (QED) is 0.0484. The molecule has 0 aliphatic carbocycles. The van der Waals surface area contributed by atoms with Crippen molar-refractivity contribution in [2.24, 2.45) is 7.05 Å². The molecule has 286 valence electrons. The first-order chi connectivity index (χ1) is 24.2. The van der Waals surface area contributed by atoms with Crippen molar-refractivity contribution in [1.29, 1.82) is 0 Å². The smallest absolute Gasteiger partial charge is 0.387 e. The first-order valence-electron chi connectivity index (χ1n) is 14.7. The number of hydrogen-bond donors (Lipinski definition) is 11. The summed E-state index contributed by atoms with van der Waals surface area (Å²) in [6.07, 6.45) is -10.1. The van der Waals surface area contributed by atoms with Crippen LogP contribution in [0.2, 0.25) is 0 Å². The zero-order valence-electron chi connectivity index (χ0n) is 26.3. The molecule has 5 unspecified atom stereocenters. The Morgan fingerprint density at radius 2 is 1.60 bits per heavy atom. The Hall–Kier alpha value is -3.10. The molecule has 4 aromatic rings. The summed E-state index contributed by atoms with van der Waals surface area (Å²) in [5.74, 6) is -2.84. The zero-order valence-corrected chi connectivity index (χ0v) is 29.8. The second kappa shape index (κ2) is 14.0. The van der Waals surface area contributed by atoms with E-state index >= 15 is 0 Å². The van der Waals surface area contributed by atoms with Gasteiger partial charge in [0.25, 0.3) is 17.1 Å². The summed E-state index contributed by atoms with van der Waals surface area (Å²) in [5.41, 5.74) is 9.63. The van der Waals surface area contributed by atoms with Crippen molar-refractivity contribution in [3.8, 4) is 0 Å². The maximum atomic E-state index is 12.8. The topological polar surface area (TPSA) is 400 Å². The number of nitrogens with zero attached hydrogens (tertiary/aromatic N) is 6. The number of nitrogen functional groups attached to an aromatic ring is 2. The van der Waals surface area contributed by atoms with Crippen LogP contribution in [0.25, 0.3) is 22.3 Å². The third-order valence-corrected chi connectivity index (χ3v) is 16.0. The number of aryl methyl sites for hydroxylation is 1. The fourth-order valence-electron chi connectivity index (χ4n) is 5.61. The van der Waals surface area contributed by atoms with Crippen LogP contribution < -0.4 is 27.2 Å². The van der Waals surface area contributed by atoms with Gasteiger partial charge in [0.2, 0.25) is 17.7 Å². The van der Waals surface area contributed by atoms with Gasteiger partial charge in [-0.25, -0.2) is 18.4 Å². The number of anilines is 2. The van der Waals surface area contributed by atoms with E-state index in [-0.39, 0.29) is 45.6 Å². The lowest BCUT2D eigenvalue weighted by molar-refractivity contribution is -0.745. The number of ether oxygens (including phenoxy) is 2. The number of nitrogens with two attached hydrogens (primary N) is 2. The molecule has 6 rings (SSSR count). The molecule has 0 radical (unpaired) electrons. The highest BCUT2D eigenvalue weighted by atomic mass is 32.7. The van der Waals surface area contributed by atoms with Crippen LogP contribution in [-0.2, 0) is 39.1 Å². The van der Waals surface area contributed by atoms with E-state index in [2.05, 4.69) is 29.2 Å². The fourth-order valence-corrected chi connectivity index (χ4v) is 13.3. The van der Waals surface area contributed by atoms with Gasteiger partial charge in [0.05, 0.1) is 26.1 Å². The van der Waals surface area contributed by atoms with Crippen molar-refractivity contribution in [3.05, 3.63) is 33.4 Å². The number of hydrogen-bond acceptors (Lipinski definition) is 19. The molecule has 0 aromatic carbocycles. The minimum atomic E-state index is -5.40. The van der Waals surface area contributed by atoms with Gasteiger partial charge in [0.1, 0.15) is 30.5 Å². The Labute approximate surface area is 292 Å². The average Bonchev–Trinajstić information content (AvgIpc) is 3.74. The molecule has 30 heteroatoms. The Bertz CT molecular complexity index is 2280. The van der Waals surface area contributed by atoms with Crippen LogP contribution in [0.1, 0.15) is 12.5 Å². The number of aromatic amines is 2. The van der Waals surface area contributed by atoms with Crippen LogP contribution in [0.4, 0.5) is 11.9 Å². The van der Waals surface area contributed by atoms with Gasteiger partial charge in [-0.15, -0.1) is 0 Å². The van der Waals surface area contributed by atoms with Crippen molar-refractivity contribution in [2.75, 3.05) is 29.7 Å². The molecule has 6 heterocycles. The van der Waals surface area contributed by atoms with Gasteiger partial charge in [-0.3, -0.25) is 37.8 Å². The molecule has 2 aliphatic heterocycles. The SMILES string of the molecule is Cn1c[n+]([C@@H]2O[C@H](CSP(=O)(O)OP(=O)(O)CP(=O)(O)OC[C@H]3O[C@@H](n4cnc5c(=O)[nH]c(N)nc54)C(O)[C@H]3O)C(O)[C@@H]2O)c2nc(N)[nH]c(=O)c21. The van der Waals surface area contributed by atoms with E-state index in [9.17, 15) is 58.4 Å². The molecule has 2 aliphatic rings. The summed E-state index contributed by atoms with van der Waals surface area (Å²) in [6, 6.07) is 0. The van der Waals surface area contributed by atoms with Crippen molar-refractivity contribution < 1.29 is 71.7 Å². The standard InChI is InChI=1S/C22H31N10O16P3S/c1-30-5-32(16-10(30)18(38)29-22(24)27-16)20-14(36)12(34)8(47-20)3-52-51(43,44)48-50(41,42)6-49(39,40)45-2-7-11(33)13(35)19(46-7)31-4-25-9-15(31)26-21(23)28-17(9)37/h4-5,7-8,11-14,19-20,33-36H,2-3,6H2,1H3,(H8-,23,24,26,27,28,29,37,38,39,40,41,42,43,44)/p+1/t7-,8-,11+,12?,13?,14+,19-,20-/m1/s1. The number of H-pyrrole nitrogens is 2. The second-order valence-corrected chi connectivity index (χ2v) is 20.0. The van der Waals surface area contributed by atoms with Gasteiger partial charge in [-0.1, -0.05) is 4.98 Å². The molecule has 0 bridgehead atoms. The Morgan fingerprint density at radius 3 is 2.31 bits per heavy atom. The van der Waals surface area contributed by atoms with Crippen LogP contribution in [0, 0.1) is 0 Å². The van der Waals surface area contributed by atoms with E-state index in [4.69, 9.17) is 25.5 Å². The Kier molecular flexibility index (Phi) is 10.4. The normalized spacial score (nSPS) is 30.1. The lowest BCUT2D eigenvalue weighted by atomic mass is 10.1. The van der Waals surface area contributed by atoms with Crippen LogP contribution in [-0.4, -0.2) is 124 Å². The molecule has 2 saturated heterocycles. The van der Waals surface area contributed by atoms with Gasteiger partial charge in [0.15, 0.2) is 29.6 Å². The number of nitrogens with one attached hydrogen (secondary N) is 2. The summed E-state index contributed by atoms with van der Waals surface area (Å²) >= 11 is 0.00174. The second-order valence-electron chi connectivity index (χ2n) is 11.7. The first-order valence-corrected chi connectivity index (χ1v) is 21.3. The van der Waals surface area contributed by atoms with Crippen molar-refractivity contribution >= 4 is 67.6 Å². The predicted octanol–water partition coefficient (Wildman–Crippen LogP) is -3.72. The number of imidazole rings is 2. The number of aliphatic hydroxyl groups is 4. The third-order valence-electron chi connectivity index (χ3n) is 7.89. The highest BCUT2D eigenvalue weighted by Gasteiger charge is 2.49. The monoisotopic (exact) mass is 817 g/mol. The van der Waals surface area contributed by atoms with Crippen molar-refractivity contribution in [2.45, 2.75) is 49.1 Å². The van der Waals surface area contributed by atoms with E-state index in [1.54, 1.807) is 0 Å². The molecule has 26 nitrogen and oxygen atoms in total. The predicted molar refractivity (Wildman–Crippen MR) is 174 cm³/mol. The fraction of sp³-hybridized carbons (Fsp3) is 0.545. The highest BCUT2D eigenvalue weighted by molar-refractivity contribution is 8.55. The molecule has 4 aromatic heterocycles. The Balaban J connectivity index is 1.05. The number of rotatable bonds is 12. The maximum absolute atomic E-state index is 12.8. The lowest BCUT2D eigenvalue weighted by Crippen LogP contribution is -2.46. The average molecular weight is 818 g/mol. The number of aromatic nitrogens is 8. The van der Waals surface area contributed by atoms with Crippen LogP contribution in [0.3, 0.4) is 0 Å². The van der Waals surface area contributed by atoms with Gasteiger partial charge >= 0.3 is 27.6 Å². The molecule has 11 atom stereocenters. The van der Waals surface area contributed by atoms with Gasteiger partial charge in [-0.05, 0) is 11.4 Å². The summed E-state index contributed by atoms with van der Waals surface area (Å²) in [4.78, 5) is 71.6. The summed E-state index contributed by atoms with van der Waals surface area (Å²) in [5, 5.41) is 42.3. The first kappa shape index (κ1) is 38.6. The third kappa shape index (κ3) is 7.62. The molecular formula is C22H32N10O16P3S+. The Morgan fingerprint density at radius 1 is 0.942 bits per heavy atom. The van der Waals surface area contributed by atoms with Crippen LogP contribution in [0.5, 0.6) is 0 Å².